The van der Waals surface area contributed by atoms with E-state index in [0.717, 1.165) is 12.1 Å². The van der Waals surface area contributed by atoms with Gasteiger partial charge in [0, 0.05) is 12.6 Å². The van der Waals surface area contributed by atoms with Gasteiger partial charge >= 0.3 is 0 Å². The quantitative estimate of drug-likeness (QED) is 0.187. The summed E-state index contributed by atoms with van der Waals surface area (Å²) in [5.41, 5.74) is -0.461. The molecule has 11 heteroatoms. The van der Waals surface area contributed by atoms with Crippen LogP contribution in [0.2, 0.25) is 0 Å². The molecule has 7 nitrogen and oxygen atoms in total. The number of benzene rings is 2. The highest BCUT2D eigenvalue weighted by Crippen LogP contribution is 2.20. The molecule has 0 aromatic heterocycles. The number of nitrogens with one attached hydrogen (secondary N) is 3. The number of nitrogens with zero attached hydrogens (tertiary/aromatic N) is 1. The fraction of sp³-hybridized carbons (Fsp3) is 0.333. The van der Waals surface area contributed by atoms with Gasteiger partial charge in [0.25, 0.3) is 0 Å². The topological polar surface area (TPSA) is 84.0 Å². The van der Waals surface area contributed by atoms with E-state index < -0.39 is 29.0 Å². The Morgan fingerprint density at radius 2 is 1.81 bits per heavy atom. The van der Waals surface area contributed by atoms with Crippen LogP contribution >= 0.6 is 24.0 Å². The maximum absolute atomic E-state index is 13.7. The molecule has 0 saturated heterocycles. The first-order valence-electron chi connectivity index (χ1n) is 9.60. The van der Waals surface area contributed by atoms with Gasteiger partial charge in [0.2, 0.25) is 5.91 Å². The second kappa shape index (κ2) is 13.7. The van der Waals surface area contributed by atoms with Gasteiger partial charge in [0.15, 0.2) is 23.4 Å². The number of aliphatic imine (C=N–C) groups is 1. The van der Waals surface area contributed by atoms with E-state index in [1.165, 1.54) is 0 Å². The lowest BCUT2D eigenvalue weighted by Gasteiger charge is -2.18. The van der Waals surface area contributed by atoms with Crippen LogP contribution in [0.15, 0.2) is 41.4 Å². The van der Waals surface area contributed by atoms with Crippen LogP contribution in [0.25, 0.3) is 0 Å². The highest BCUT2D eigenvalue weighted by atomic mass is 127. The fourth-order valence-electron chi connectivity index (χ4n) is 2.49. The number of anilines is 1. The number of rotatable bonds is 9. The molecule has 3 N–H and O–H groups in total. The second-order valence-electron chi connectivity index (χ2n) is 6.45. The van der Waals surface area contributed by atoms with Crippen LogP contribution in [0.4, 0.5) is 18.9 Å². The summed E-state index contributed by atoms with van der Waals surface area (Å²) < 4.78 is 50.9. The molecule has 176 valence electrons. The molecule has 0 aliphatic carbocycles. The molecular formula is C21H26F3IN4O3. The van der Waals surface area contributed by atoms with E-state index in [2.05, 4.69) is 20.9 Å². The van der Waals surface area contributed by atoms with Crippen molar-refractivity contribution >= 4 is 41.5 Å². The average Bonchev–Trinajstić information content (AvgIpc) is 2.76. The van der Waals surface area contributed by atoms with Gasteiger partial charge in [-0.1, -0.05) is 6.07 Å². The van der Waals surface area contributed by atoms with Crippen LogP contribution in [0, 0.1) is 17.5 Å². The number of ether oxygens (including phenoxy) is 2. The minimum atomic E-state index is -1.65. The number of hydrogen-bond donors (Lipinski definition) is 3. The Morgan fingerprint density at radius 3 is 2.50 bits per heavy atom. The highest BCUT2D eigenvalue weighted by molar-refractivity contribution is 14.0. The summed E-state index contributed by atoms with van der Waals surface area (Å²) in [6, 6.07) is 8.86. The van der Waals surface area contributed by atoms with Crippen molar-refractivity contribution in [1.82, 2.24) is 10.6 Å². The van der Waals surface area contributed by atoms with Crippen molar-refractivity contribution in [3.05, 3.63) is 53.8 Å². The highest BCUT2D eigenvalue weighted by Gasteiger charge is 2.15. The first kappa shape index (κ1) is 27.3. The van der Waals surface area contributed by atoms with E-state index in [4.69, 9.17) is 9.47 Å². The summed E-state index contributed by atoms with van der Waals surface area (Å²) in [6.07, 6.45) is -0.235. The third-order valence-electron chi connectivity index (χ3n) is 3.97. The Morgan fingerprint density at radius 1 is 1.09 bits per heavy atom. The molecule has 0 spiro atoms. The van der Waals surface area contributed by atoms with E-state index >= 15 is 0 Å². The van der Waals surface area contributed by atoms with Crippen molar-refractivity contribution in [2.24, 2.45) is 4.99 Å². The van der Waals surface area contributed by atoms with Crippen LogP contribution < -0.4 is 25.4 Å². The van der Waals surface area contributed by atoms with Gasteiger partial charge in [0.05, 0.1) is 19.3 Å². The third-order valence-corrected chi connectivity index (χ3v) is 3.97. The largest absolute Gasteiger partial charge is 0.497 e. The monoisotopic (exact) mass is 566 g/mol. The van der Waals surface area contributed by atoms with Gasteiger partial charge < -0.3 is 25.4 Å². The third kappa shape index (κ3) is 8.44. The summed E-state index contributed by atoms with van der Waals surface area (Å²) in [5, 5.41) is 8.17. The molecule has 32 heavy (non-hydrogen) atoms. The van der Waals surface area contributed by atoms with Crippen molar-refractivity contribution in [1.29, 1.82) is 0 Å². The first-order valence-corrected chi connectivity index (χ1v) is 9.60. The van der Waals surface area contributed by atoms with Crippen molar-refractivity contribution < 1.29 is 27.4 Å². The van der Waals surface area contributed by atoms with E-state index in [1.807, 2.05) is 26.0 Å². The fourth-order valence-corrected chi connectivity index (χ4v) is 2.49. The van der Waals surface area contributed by atoms with Gasteiger partial charge in [-0.3, -0.25) is 4.79 Å². The SMILES string of the molecule is CCNC(=NCC(=O)Nc1ccc(F)c(F)c1F)NCC(C)Oc1cccc(OC)c1.I. The van der Waals surface area contributed by atoms with Gasteiger partial charge in [-0.2, -0.15) is 0 Å². The van der Waals surface area contributed by atoms with Crippen LogP contribution in [0.5, 0.6) is 11.5 Å². The molecule has 2 rings (SSSR count). The van der Waals surface area contributed by atoms with E-state index in [1.54, 1.807) is 19.2 Å². The molecule has 0 radical (unpaired) electrons. The Hall–Kier alpha value is -2.70. The normalized spacial score (nSPS) is 11.8. The summed E-state index contributed by atoms with van der Waals surface area (Å²) in [7, 11) is 1.57. The average molecular weight is 566 g/mol. The standard InChI is InChI=1S/C21H25F3N4O3.HI/c1-4-25-21(26-11-13(2)31-15-7-5-6-14(10-15)30-3)27-12-18(29)28-17-9-8-16(22)19(23)20(17)24;/h5-10,13H,4,11-12H2,1-3H3,(H,28,29)(H2,25,26,27);1H. The minimum Gasteiger partial charge on any atom is -0.497 e. The summed E-state index contributed by atoms with van der Waals surface area (Å²) in [6.45, 7) is 4.26. The number of halogens is 4. The first-order chi connectivity index (χ1) is 14.8. The lowest BCUT2D eigenvalue weighted by molar-refractivity contribution is -0.114. The van der Waals surface area contributed by atoms with E-state index in [-0.39, 0.29) is 36.6 Å². The molecule has 0 aliphatic heterocycles. The molecule has 0 fully saturated rings. The molecular weight excluding hydrogens is 540 g/mol. The summed E-state index contributed by atoms with van der Waals surface area (Å²) in [4.78, 5) is 16.1. The number of carbonyl (C=O) groups is 1. The number of amides is 1. The molecule has 2 aromatic carbocycles. The lowest BCUT2D eigenvalue weighted by atomic mass is 10.3. The number of methoxy groups -OCH3 is 1. The predicted molar refractivity (Wildman–Crippen MR) is 127 cm³/mol. The zero-order valence-electron chi connectivity index (χ0n) is 17.9. The molecule has 1 unspecified atom stereocenters. The Kier molecular flexibility index (Phi) is 11.7. The molecule has 2 aromatic rings. The van der Waals surface area contributed by atoms with Crippen LogP contribution in [-0.2, 0) is 4.79 Å². The molecule has 0 saturated carbocycles. The summed E-state index contributed by atoms with van der Waals surface area (Å²) >= 11 is 0. The number of guanidine groups is 1. The van der Waals surface area contributed by atoms with Crippen LogP contribution in [-0.4, -0.2) is 44.7 Å². The molecule has 0 bridgehead atoms. The Bertz CT molecular complexity index is 931. The van der Waals surface area contributed by atoms with E-state index in [9.17, 15) is 18.0 Å². The van der Waals surface area contributed by atoms with Crippen molar-refractivity contribution in [2.45, 2.75) is 20.0 Å². The number of carbonyl (C=O) groups excluding carboxylic acids is 1. The Labute approximate surface area is 201 Å². The zero-order chi connectivity index (χ0) is 22.8. The van der Waals surface area contributed by atoms with Gasteiger partial charge in [-0.15, -0.1) is 24.0 Å². The minimum absolute atomic E-state index is 0. The molecule has 1 atom stereocenters. The molecule has 0 heterocycles. The molecule has 1 amide bonds. The van der Waals surface area contributed by atoms with Crippen molar-refractivity contribution in [3.8, 4) is 11.5 Å². The van der Waals surface area contributed by atoms with Crippen LogP contribution in [0.1, 0.15) is 13.8 Å². The maximum Gasteiger partial charge on any atom is 0.246 e. The lowest BCUT2D eigenvalue weighted by Crippen LogP contribution is -2.42. The second-order valence-corrected chi connectivity index (χ2v) is 6.45. The number of hydrogen-bond acceptors (Lipinski definition) is 4. The summed E-state index contributed by atoms with van der Waals surface area (Å²) in [5.74, 6) is -3.49. The van der Waals surface area contributed by atoms with Crippen LogP contribution in [0.3, 0.4) is 0 Å². The van der Waals surface area contributed by atoms with E-state index in [0.29, 0.717) is 30.5 Å². The zero-order valence-corrected chi connectivity index (χ0v) is 20.2. The van der Waals surface area contributed by atoms with Gasteiger partial charge in [0.1, 0.15) is 24.1 Å². The predicted octanol–water partition coefficient (Wildman–Crippen LogP) is 3.69. The van der Waals surface area contributed by atoms with Crippen molar-refractivity contribution in [3.63, 3.8) is 0 Å². The maximum atomic E-state index is 13.7. The van der Waals surface area contributed by atoms with Gasteiger partial charge in [-0.25, -0.2) is 18.2 Å². The van der Waals surface area contributed by atoms with Gasteiger partial charge in [-0.05, 0) is 38.1 Å². The molecule has 0 aliphatic rings. The van der Waals surface area contributed by atoms with Crippen molar-refractivity contribution in [2.75, 3.05) is 32.1 Å². The Balaban J connectivity index is 0.00000512. The smallest absolute Gasteiger partial charge is 0.246 e.